The molecule has 21 heteroatoms. The molecule has 3 nitrogen and oxygen atoms in total. The number of nitrogens with zero attached hydrogens (tertiary/aromatic N) is 3. The van der Waals surface area contributed by atoms with Crippen LogP contribution in [0.15, 0.2) is 70.6 Å². The molecule has 0 atom stereocenters. The van der Waals surface area contributed by atoms with Gasteiger partial charge >= 0.3 is 53.0 Å². The van der Waals surface area contributed by atoms with Crippen molar-refractivity contribution in [3.05, 3.63) is 94.5 Å². The summed E-state index contributed by atoms with van der Waals surface area (Å²) >= 11 is 0. The van der Waals surface area contributed by atoms with Crippen molar-refractivity contribution in [2.45, 2.75) is 52.4 Å². The summed E-state index contributed by atoms with van der Waals surface area (Å²) in [6.07, 6.45) is -20.6. The fourth-order valence-corrected chi connectivity index (χ4v) is 3.04. The molecule has 0 aliphatic carbocycles. The molecule has 0 aliphatic heterocycles. The van der Waals surface area contributed by atoms with Gasteiger partial charge in [0, 0.05) is 6.92 Å². The second-order valence-electron chi connectivity index (χ2n) is 9.22. The summed E-state index contributed by atoms with van der Waals surface area (Å²) in [5.41, 5.74) is -7.65. The van der Waals surface area contributed by atoms with E-state index in [2.05, 4.69) is 29.0 Å². The van der Waals surface area contributed by atoms with Crippen molar-refractivity contribution in [3.8, 4) is 6.07 Å². The largest absolute Gasteiger partial charge is 2.00 e. The normalized spacial score (nSPS) is 12.5. The molecule has 0 spiro atoms. The van der Waals surface area contributed by atoms with Gasteiger partial charge in [-0.1, -0.05) is 6.92 Å². The first-order valence-electron chi connectivity index (χ1n) is 12.8. The van der Waals surface area contributed by atoms with Crippen LogP contribution in [-0.2, 0) is 45.8 Å². The van der Waals surface area contributed by atoms with E-state index in [0.717, 1.165) is 13.8 Å². The van der Waals surface area contributed by atoms with Gasteiger partial charge in [-0.3, -0.25) is 9.98 Å². The third kappa shape index (κ3) is 20.0. The van der Waals surface area contributed by atoms with Crippen LogP contribution < -0.4 is 0 Å². The monoisotopic (exact) mass is 922 g/mol. The molecule has 0 amide bonds. The summed E-state index contributed by atoms with van der Waals surface area (Å²) in [5.74, 6) is 0. The minimum Gasteiger partial charge on any atom is -0.418 e. The number of hydrogen-bond donors (Lipinski definition) is 0. The van der Waals surface area contributed by atoms with Crippen LogP contribution in [0.4, 0.5) is 81.3 Å². The standard InChI is InChI=1S/C20H12F12N2.C7H7.C2H3N.BF4.Pt/c1-9(33-15-5-11(17(21,22)23)3-12(6-15)18(24,25)26)10(2)34-16-7-13(19(27,28)29)4-14(8-16)20(30,31)32;1-7-5-3-2-4-6-7;1-2-3;2-1(3,4)5;/h3-8H,1-2H3;2-3,5-6H,1H3;1H3;;/q;-1;;-1;+2. The van der Waals surface area contributed by atoms with E-state index in [1.165, 1.54) is 12.5 Å². The maximum atomic E-state index is 13.0. The van der Waals surface area contributed by atoms with Gasteiger partial charge < -0.3 is 17.3 Å². The van der Waals surface area contributed by atoms with E-state index >= 15 is 0 Å². The molecule has 0 bridgehead atoms. The molecule has 0 saturated carbocycles. The summed E-state index contributed by atoms with van der Waals surface area (Å²) in [5, 5.41) is 7.32. The first-order chi connectivity index (χ1) is 22.0. The molecule has 0 saturated heterocycles. The van der Waals surface area contributed by atoms with Crippen molar-refractivity contribution >= 4 is 30.1 Å². The van der Waals surface area contributed by atoms with Crippen molar-refractivity contribution < 1.29 is 91.0 Å². The van der Waals surface area contributed by atoms with E-state index in [-0.39, 0.29) is 44.6 Å². The maximum Gasteiger partial charge on any atom is 2.00 e. The van der Waals surface area contributed by atoms with Gasteiger partial charge in [0.1, 0.15) is 0 Å². The quantitative estimate of drug-likeness (QED) is 0.112. The molecule has 0 fully saturated rings. The number of halogens is 16. The molecule has 0 N–H and O–H groups in total. The predicted molar refractivity (Wildman–Crippen MR) is 150 cm³/mol. The van der Waals surface area contributed by atoms with E-state index < -0.39 is 65.6 Å². The molecule has 50 heavy (non-hydrogen) atoms. The molecule has 0 radical (unpaired) electrons. The Hall–Kier alpha value is -3.88. The molecular weight excluding hydrogens is 900 g/mol. The maximum absolute atomic E-state index is 13.0. The number of alkyl halides is 12. The summed E-state index contributed by atoms with van der Waals surface area (Å²) < 4.78 is 195. The van der Waals surface area contributed by atoms with Gasteiger partial charge in [-0.25, -0.2) is 0 Å². The zero-order valence-electron chi connectivity index (χ0n) is 25.6. The number of aryl methyl sites for hydroxylation is 1. The van der Waals surface area contributed by atoms with Gasteiger partial charge in [-0.15, -0.1) is 0 Å². The molecule has 0 unspecified atom stereocenters. The topological polar surface area (TPSA) is 48.5 Å². The second-order valence-corrected chi connectivity index (χ2v) is 9.22. The zero-order valence-corrected chi connectivity index (χ0v) is 27.8. The van der Waals surface area contributed by atoms with E-state index in [9.17, 15) is 69.9 Å². The van der Waals surface area contributed by atoms with Crippen molar-refractivity contribution in [2.75, 3.05) is 0 Å². The average Bonchev–Trinajstić information content (AvgIpc) is 2.91. The van der Waals surface area contributed by atoms with Gasteiger partial charge in [-0.05, 0) is 50.2 Å². The van der Waals surface area contributed by atoms with Crippen molar-refractivity contribution in [2.24, 2.45) is 9.98 Å². The molecule has 0 aliphatic rings. The number of nitriles is 1. The molecule has 278 valence electrons. The SMILES string of the molecule is CC#N.CC(=Nc1cc(C(F)(F)F)cc(C(F)(F)F)c1)C(C)=Nc1cc(C(F)(F)F)cc(C(F)(F)F)c1.Cc1c[c-]ccc1.F[B-](F)(F)F.[Pt+2]. The Morgan fingerprint density at radius 3 is 1.06 bits per heavy atom. The molecule has 0 aromatic heterocycles. The Morgan fingerprint density at radius 2 is 0.900 bits per heavy atom. The van der Waals surface area contributed by atoms with E-state index in [1.807, 2.05) is 18.2 Å². The molecule has 3 rings (SSSR count). The fraction of sp³-hybridized carbons (Fsp3) is 0.276. The summed E-state index contributed by atoms with van der Waals surface area (Å²) in [7, 11) is -6.00. The van der Waals surface area contributed by atoms with E-state index in [4.69, 9.17) is 5.26 Å². The van der Waals surface area contributed by atoms with Crippen LogP contribution in [0.25, 0.3) is 0 Å². The molecule has 3 aromatic carbocycles. The van der Waals surface area contributed by atoms with Gasteiger partial charge in [-0.2, -0.15) is 93.8 Å². The third-order valence-electron chi connectivity index (χ3n) is 5.12. The van der Waals surface area contributed by atoms with Crippen molar-refractivity contribution in [3.63, 3.8) is 0 Å². The predicted octanol–water partition coefficient (Wildman–Crippen LogP) is 12.3. The van der Waals surface area contributed by atoms with Gasteiger partial charge in [0.2, 0.25) is 0 Å². The number of hydrogen-bond acceptors (Lipinski definition) is 3. The van der Waals surface area contributed by atoms with Crippen LogP contribution in [0.2, 0.25) is 0 Å². The minimum absolute atomic E-state index is 0. The number of rotatable bonds is 3. The average molecular weight is 922 g/mol. The van der Waals surface area contributed by atoms with Crippen molar-refractivity contribution in [1.29, 1.82) is 5.26 Å². The Balaban J connectivity index is 0. The van der Waals surface area contributed by atoms with E-state index in [1.54, 1.807) is 6.07 Å². The second kappa shape index (κ2) is 19.5. The van der Waals surface area contributed by atoms with Crippen LogP contribution in [0.5, 0.6) is 0 Å². The Kier molecular flexibility index (Phi) is 18.8. The molecular formula is C29H22BF16N3Pt. The summed E-state index contributed by atoms with van der Waals surface area (Å²) in [4.78, 5) is 7.17. The van der Waals surface area contributed by atoms with E-state index in [0.29, 0.717) is 24.3 Å². The van der Waals surface area contributed by atoms with Crippen LogP contribution >= 0.6 is 0 Å². The Morgan fingerprint density at radius 1 is 0.640 bits per heavy atom. The fourth-order valence-electron chi connectivity index (χ4n) is 3.04. The van der Waals surface area contributed by atoms with Gasteiger partial charge in [0.25, 0.3) is 0 Å². The first kappa shape index (κ1) is 48.2. The van der Waals surface area contributed by atoms with Gasteiger partial charge in [0.05, 0.1) is 51.1 Å². The summed E-state index contributed by atoms with van der Waals surface area (Å²) in [6.45, 7) is 5.60. The zero-order chi connectivity index (χ0) is 38.6. The Labute approximate surface area is 289 Å². The molecule has 3 aromatic rings. The van der Waals surface area contributed by atoms with Crippen molar-refractivity contribution in [1.82, 2.24) is 0 Å². The Bertz CT molecular complexity index is 1440. The smallest absolute Gasteiger partial charge is 0.418 e. The summed E-state index contributed by atoms with van der Waals surface area (Å²) in [6, 6.07) is 13.6. The third-order valence-corrected chi connectivity index (χ3v) is 5.12. The van der Waals surface area contributed by atoms with Crippen LogP contribution in [-0.4, -0.2) is 18.7 Å². The van der Waals surface area contributed by atoms with Crippen LogP contribution in [0, 0.1) is 24.3 Å². The van der Waals surface area contributed by atoms with Crippen LogP contribution in [0.1, 0.15) is 48.6 Å². The minimum atomic E-state index is -6.00. The first-order valence-corrected chi connectivity index (χ1v) is 12.8. The molecule has 0 heterocycles. The number of aliphatic imine (C=N–C) groups is 2. The van der Waals surface area contributed by atoms with Gasteiger partial charge in [0.15, 0.2) is 0 Å². The number of benzene rings is 3. The van der Waals surface area contributed by atoms with Crippen LogP contribution in [0.3, 0.4) is 0 Å².